The van der Waals surface area contributed by atoms with E-state index in [2.05, 4.69) is 37.5 Å². The summed E-state index contributed by atoms with van der Waals surface area (Å²) in [6, 6.07) is 4.13. The van der Waals surface area contributed by atoms with E-state index in [0.717, 1.165) is 30.3 Å². The summed E-state index contributed by atoms with van der Waals surface area (Å²) in [7, 11) is 0. The lowest BCUT2D eigenvalue weighted by Gasteiger charge is -2.12. The van der Waals surface area contributed by atoms with Gasteiger partial charge in [-0.15, -0.1) is 0 Å². The number of nitrogens with one attached hydrogen (secondary N) is 2. The zero-order chi connectivity index (χ0) is 11.3. The first kappa shape index (κ1) is 12.3. The van der Waals surface area contributed by atoms with E-state index in [0.29, 0.717) is 0 Å². The highest BCUT2D eigenvalue weighted by atomic mass is 35.5. The summed E-state index contributed by atoms with van der Waals surface area (Å²) in [6.45, 7) is 9.10. The van der Waals surface area contributed by atoms with Crippen molar-refractivity contribution in [1.82, 2.24) is 5.32 Å². The third-order valence-corrected chi connectivity index (χ3v) is 2.58. The van der Waals surface area contributed by atoms with E-state index >= 15 is 0 Å². The molecule has 0 unspecified atom stereocenters. The number of benzene rings is 1. The Morgan fingerprint density at radius 2 is 1.93 bits per heavy atom. The average Bonchev–Trinajstić information content (AvgIpc) is 2.15. The molecule has 0 aliphatic carbocycles. The Labute approximate surface area is 97.0 Å². The molecular formula is C12H19ClN2. The van der Waals surface area contributed by atoms with Crippen LogP contribution >= 0.6 is 11.6 Å². The van der Waals surface area contributed by atoms with Crippen LogP contribution in [0.2, 0.25) is 5.02 Å². The zero-order valence-electron chi connectivity index (χ0n) is 9.65. The molecule has 2 nitrogen and oxygen atoms in total. The maximum absolute atomic E-state index is 6.16. The molecule has 0 aromatic heterocycles. The van der Waals surface area contributed by atoms with E-state index in [1.54, 1.807) is 0 Å². The number of halogens is 1. The van der Waals surface area contributed by atoms with Gasteiger partial charge in [-0.25, -0.2) is 0 Å². The van der Waals surface area contributed by atoms with Crippen molar-refractivity contribution in [1.29, 1.82) is 0 Å². The van der Waals surface area contributed by atoms with Crippen LogP contribution in [0.15, 0.2) is 12.1 Å². The summed E-state index contributed by atoms with van der Waals surface area (Å²) < 4.78 is 0. The molecule has 0 saturated carbocycles. The van der Waals surface area contributed by atoms with Crippen molar-refractivity contribution in [3.8, 4) is 0 Å². The van der Waals surface area contributed by atoms with Gasteiger partial charge in [-0.05, 0) is 37.6 Å². The van der Waals surface area contributed by atoms with E-state index in [9.17, 15) is 0 Å². The third kappa shape index (κ3) is 3.73. The fourth-order valence-corrected chi connectivity index (χ4v) is 1.98. The third-order valence-electron chi connectivity index (χ3n) is 2.29. The first-order valence-electron chi connectivity index (χ1n) is 5.36. The molecule has 1 rings (SSSR count). The highest BCUT2D eigenvalue weighted by Gasteiger charge is 2.03. The Morgan fingerprint density at radius 3 is 2.53 bits per heavy atom. The summed E-state index contributed by atoms with van der Waals surface area (Å²) in [4.78, 5) is 0. The summed E-state index contributed by atoms with van der Waals surface area (Å²) in [5.74, 6) is 0. The second kappa shape index (κ2) is 5.99. The van der Waals surface area contributed by atoms with Gasteiger partial charge in [0, 0.05) is 13.1 Å². The molecule has 0 radical (unpaired) electrons. The predicted octanol–water partition coefficient (Wildman–Crippen LogP) is 2.98. The van der Waals surface area contributed by atoms with Crippen LogP contribution < -0.4 is 10.6 Å². The summed E-state index contributed by atoms with van der Waals surface area (Å²) in [6.07, 6.45) is 0. The van der Waals surface area contributed by atoms with Crippen LogP contribution in [-0.2, 0) is 0 Å². The van der Waals surface area contributed by atoms with Crippen LogP contribution in [0.4, 0.5) is 5.69 Å². The molecule has 2 N–H and O–H groups in total. The lowest BCUT2D eigenvalue weighted by Crippen LogP contribution is -2.21. The van der Waals surface area contributed by atoms with Crippen molar-refractivity contribution in [3.63, 3.8) is 0 Å². The largest absolute Gasteiger partial charge is 0.382 e. The standard InChI is InChI=1S/C12H19ClN2/c1-4-14-5-6-15-12-10(3)7-9(2)8-11(12)13/h7-8,14-15H,4-6H2,1-3H3. The van der Waals surface area contributed by atoms with Crippen LogP contribution in [0.3, 0.4) is 0 Å². The number of aryl methyl sites for hydroxylation is 2. The Bertz CT molecular complexity index is 300. The van der Waals surface area contributed by atoms with Gasteiger partial charge in [0.2, 0.25) is 0 Å². The summed E-state index contributed by atoms with van der Waals surface area (Å²) in [5.41, 5.74) is 3.46. The molecule has 1 aromatic carbocycles. The van der Waals surface area contributed by atoms with E-state index in [-0.39, 0.29) is 0 Å². The Kier molecular flexibility index (Phi) is 4.92. The molecule has 0 heterocycles. The minimum absolute atomic E-state index is 0.809. The normalized spacial score (nSPS) is 10.4. The van der Waals surface area contributed by atoms with Crippen molar-refractivity contribution in [2.75, 3.05) is 25.0 Å². The average molecular weight is 227 g/mol. The van der Waals surface area contributed by atoms with Gasteiger partial charge >= 0.3 is 0 Å². The quantitative estimate of drug-likeness (QED) is 0.755. The molecule has 84 valence electrons. The van der Waals surface area contributed by atoms with E-state index in [1.165, 1.54) is 11.1 Å². The summed E-state index contributed by atoms with van der Waals surface area (Å²) in [5, 5.41) is 7.42. The lowest BCUT2D eigenvalue weighted by atomic mass is 10.1. The van der Waals surface area contributed by atoms with Crippen molar-refractivity contribution in [2.24, 2.45) is 0 Å². The van der Waals surface area contributed by atoms with Gasteiger partial charge in [-0.1, -0.05) is 24.6 Å². The van der Waals surface area contributed by atoms with Crippen LogP contribution in [0, 0.1) is 13.8 Å². The van der Waals surface area contributed by atoms with E-state index in [4.69, 9.17) is 11.6 Å². The van der Waals surface area contributed by atoms with Crippen molar-refractivity contribution in [3.05, 3.63) is 28.3 Å². The van der Waals surface area contributed by atoms with E-state index < -0.39 is 0 Å². The molecule has 0 atom stereocenters. The molecule has 3 heteroatoms. The van der Waals surface area contributed by atoms with E-state index in [1.807, 2.05) is 6.07 Å². The Balaban J connectivity index is 2.60. The number of likely N-dealkylation sites (N-methyl/N-ethyl adjacent to an activating group) is 1. The first-order valence-corrected chi connectivity index (χ1v) is 5.74. The van der Waals surface area contributed by atoms with Gasteiger partial charge in [0.15, 0.2) is 0 Å². The number of hydrogen-bond donors (Lipinski definition) is 2. The van der Waals surface area contributed by atoms with Gasteiger partial charge in [0.05, 0.1) is 10.7 Å². The maximum Gasteiger partial charge on any atom is 0.0642 e. The molecule has 0 bridgehead atoms. The monoisotopic (exact) mass is 226 g/mol. The minimum Gasteiger partial charge on any atom is -0.382 e. The molecule has 0 fully saturated rings. The highest BCUT2D eigenvalue weighted by Crippen LogP contribution is 2.26. The predicted molar refractivity (Wildman–Crippen MR) is 68.0 cm³/mol. The van der Waals surface area contributed by atoms with Gasteiger partial charge in [-0.3, -0.25) is 0 Å². The SMILES string of the molecule is CCNCCNc1c(C)cc(C)cc1Cl. The lowest BCUT2D eigenvalue weighted by molar-refractivity contribution is 0.739. The number of rotatable bonds is 5. The van der Waals surface area contributed by atoms with Crippen molar-refractivity contribution in [2.45, 2.75) is 20.8 Å². The zero-order valence-corrected chi connectivity index (χ0v) is 10.4. The fourth-order valence-electron chi connectivity index (χ4n) is 1.59. The number of anilines is 1. The van der Waals surface area contributed by atoms with Crippen LogP contribution in [0.1, 0.15) is 18.1 Å². The van der Waals surface area contributed by atoms with Gasteiger partial charge in [0.25, 0.3) is 0 Å². The molecule has 0 aliphatic rings. The first-order chi connectivity index (χ1) is 7.15. The highest BCUT2D eigenvalue weighted by molar-refractivity contribution is 6.33. The fraction of sp³-hybridized carbons (Fsp3) is 0.500. The van der Waals surface area contributed by atoms with Gasteiger partial charge in [0.1, 0.15) is 0 Å². The topological polar surface area (TPSA) is 24.1 Å². The Hall–Kier alpha value is -0.730. The minimum atomic E-state index is 0.809. The second-order valence-electron chi connectivity index (χ2n) is 3.72. The van der Waals surface area contributed by atoms with Crippen LogP contribution in [0.25, 0.3) is 0 Å². The molecule has 0 saturated heterocycles. The molecular weight excluding hydrogens is 208 g/mol. The van der Waals surface area contributed by atoms with Gasteiger partial charge < -0.3 is 10.6 Å². The second-order valence-corrected chi connectivity index (χ2v) is 4.13. The molecule has 15 heavy (non-hydrogen) atoms. The summed E-state index contributed by atoms with van der Waals surface area (Å²) >= 11 is 6.16. The maximum atomic E-state index is 6.16. The molecule has 0 aliphatic heterocycles. The van der Waals surface area contributed by atoms with Crippen molar-refractivity contribution >= 4 is 17.3 Å². The number of hydrogen-bond acceptors (Lipinski definition) is 2. The smallest absolute Gasteiger partial charge is 0.0642 e. The van der Waals surface area contributed by atoms with Gasteiger partial charge in [-0.2, -0.15) is 0 Å². The van der Waals surface area contributed by atoms with Crippen molar-refractivity contribution < 1.29 is 0 Å². The molecule has 1 aromatic rings. The van der Waals surface area contributed by atoms with Crippen LogP contribution in [-0.4, -0.2) is 19.6 Å². The molecule has 0 spiro atoms. The molecule has 0 amide bonds. The van der Waals surface area contributed by atoms with Crippen LogP contribution in [0.5, 0.6) is 0 Å². The Morgan fingerprint density at radius 1 is 1.20 bits per heavy atom.